The van der Waals surface area contributed by atoms with Gasteiger partial charge in [-0.1, -0.05) is 18.2 Å². The van der Waals surface area contributed by atoms with E-state index in [0.29, 0.717) is 17.1 Å². The van der Waals surface area contributed by atoms with Gasteiger partial charge in [0.25, 0.3) is 0 Å². The van der Waals surface area contributed by atoms with Gasteiger partial charge in [-0.15, -0.1) is 0 Å². The molecule has 0 saturated heterocycles. The highest BCUT2D eigenvalue weighted by atomic mass is 32.2. The Kier molecular flexibility index (Phi) is 5.51. The summed E-state index contributed by atoms with van der Waals surface area (Å²) in [7, 11) is -0.538. The largest absolute Gasteiger partial charge is 0.496 e. The van der Waals surface area contributed by atoms with Gasteiger partial charge < -0.3 is 9.47 Å². The Labute approximate surface area is 143 Å². The molecule has 6 heteroatoms. The third kappa shape index (κ3) is 3.55. The van der Waals surface area contributed by atoms with Gasteiger partial charge in [0.2, 0.25) is 10.0 Å². The molecular formula is C18H23NO4S. The van der Waals surface area contributed by atoms with Gasteiger partial charge in [-0.25, -0.2) is 13.1 Å². The molecule has 1 N–H and O–H groups in total. The Morgan fingerprint density at radius 1 is 0.917 bits per heavy atom. The van der Waals surface area contributed by atoms with E-state index in [2.05, 4.69) is 4.72 Å². The molecule has 130 valence electrons. The molecule has 24 heavy (non-hydrogen) atoms. The maximum absolute atomic E-state index is 12.8. The van der Waals surface area contributed by atoms with Crippen LogP contribution in [0.1, 0.15) is 29.7 Å². The summed E-state index contributed by atoms with van der Waals surface area (Å²) in [4.78, 5) is 0.252. The van der Waals surface area contributed by atoms with Gasteiger partial charge >= 0.3 is 0 Å². The first kappa shape index (κ1) is 18.3. The molecule has 0 aliphatic rings. The SMILES string of the molecule is COc1ccccc1[C@H](C)NS(=O)(=O)c1ccc(OC)c(C)c1C. The van der Waals surface area contributed by atoms with Crippen LogP contribution in [0.2, 0.25) is 0 Å². The summed E-state index contributed by atoms with van der Waals surface area (Å²) in [5.41, 5.74) is 2.27. The highest BCUT2D eigenvalue weighted by molar-refractivity contribution is 7.89. The topological polar surface area (TPSA) is 64.6 Å². The van der Waals surface area contributed by atoms with Crippen LogP contribution in [0.25, 0.3) is 0 Å². The molecule has 1 atom stereocenters. The summed E-state index contributed by atoms with van der Waals surface area (Å²) in [5.74, 6) is 1.32. The maximum Gasteiger partial charge on any atom is 0.241 e. The minimum Gasteiger partial charge on any atom is -0.496 e. The summed E-state index contributed by atoms with van der Waals surface area (Å²) in [6.07, 6.45) is 0. The second kappa shape index (κ2) is 7.23. The minimum atomic E-state index is -3.67. The van der Waals surface area contributed by atoms with Crippen molar-refractivity contribution in [2.45, 2.75) is 31.7 Å². The van der Waals surface area contributed by atoms with Gasteiger partial charge in [-0.05, 0) is 50.1 Å². The minimum absolute atomic E-state index is 0.252. The summed E-state index contributed by atoms with van der Waals surface area (Å²) in [6.45, 7) is 5.41. The van der Waals surface area contributed by atoms with Crippen molar-refractivity contribution in [2.24, 2.45) is 0 Å². The molecule has 0 amide bonds. The number of ether oxygens (including phenoxy) is 2. The molecular weight excluding hydrogens is 326 g/mol. The Morgan fingerprint density at radius 3 is 2.17 bits per heavy atom. The molecule has 0 heterocycles. The molecule has 0 saturated carbocycles. The van der Waals surface area contributed by atoms with E-state index in [1.165, 1.54) is 0 Å². The number of sulfonamides is 1. The van der Waals surface area contributed by atoms with Crippen LogP contribution in [0.15, 0.2) is 41.3 Å². The third-order valence-corrected chi connectivity index (χ3v) is 5.82. The Bertz CT molecular complexity index is 831. The van der Waals surface area contributed by atoms with Crippen molar-refractivity contribution in [3.63, 3.8) is 0 Å². The van der Waals surface area contributed by atoms with Gasteiger partial charge in [0, 0.05) is 11.6 Å². The van der Waals surface area contributed by atoms with Crippen molar-refractivity contribution in [1.82, 2.24) is 4.72 Å². The second-order valence-electron chi connectivity index (χ2n) is 5.60. The predicted molar refractivity (Wildman–Crippen MR) is 94.2 cm³/mol. The van der Waals surface area contributed by atoms with Crippen LogP contribution in [0.3, 0.4) is 0 Å². The first-order chi connectivity index (χ1) is 11.3. The first-order valence-electron chi connectivity index (χ1n) is 7.61. The maximum atomic E-state index is 12.8. The van der Waals surface area contributed by atoms with Gasteiger partial charge in [0.05, 0.1) is 19.1 Å². The number of methoxy groups -OCH3 is 2. The molecule has 2 aromatic rings. The van der Waals surface area contributed by atoms with Crippen molar-refractivity contribution in [3.05, 3.63) is 53.1 Å². The molecule has 0 aliphatic carbocycles. The van der Waals surface area contributed by atoms with E-state index < -0.39 is 16.1 Å². The zero-order chi connectivity index (χ0) is 17.9. The Balaban J connectivity index is 2.37. The summed E-state index contributed by atoms with van der Waals surface area (Å²) in [5, 5.41) is 0. The zero-order valence-corrected chi connectivity index (χ0v) is 15.4. The average Bonchev–Trinajstić information content (AvgIpc) is 2.56. The highest BCUT2D eigenvalue weighted by Gasteiger charge is 2.23. The third-order valence-electron chi connectivity index (χ3n) is 4.13. The van der Waals surface area contributed by atoms with E-state index in [1.54, 1.807) is 40.2 Å². The number of hydrogen-bond donors (Lipinski definition) is 1. The molecule has 0 aliphatic heterocycles. The number of rotatable bonds is 6. The van der Waals surface area contributed by atoms with Crippen LogP contribution in [-0.2, 0) is 10.0 Å². The lowest BCUT2D eigenvalue weighted by atomic mass is 10.1. The van der Waals surface area contributed by atoms with E-state index in [9.17, 15) is 8.42 Å². The van der Waals surface area contributed by atoms with Crippen LogP contribution in [0.4, 0.5) is 0 Å². The number of para-hydroxylation sites is 1. The van der Waals surface area contributed by atoms with Crippen LogP contribution in [0, 0.1) is 13.8 Å². The van der Waals surface area contributed by atoms with Crippen molar-refractivity contribution in [3.8, 4) is 11.5 Å². The molecule has 0 unspecified atom stereocenters. The van der Waals surface area contributed by atoms with Gasteiger partial charge in [0.1, 0.15) is 11.5 Å². The molecule has 2 rings (SSSR count). The van der Waals surface area contributed by atoms with Gasteiger partial charge in [-0.3, -0.25) is 0 Å². The fraction of sp³-hybridized carbons (Fsp3) is 0.333. The normalized spacial score (nSPS) is 12.7. The van der Waals surface area contributed by atoms with E-state index >= 15 is 0 Å². The smallest absolute Gasteiger partial charge is 0.241 e. The lowest BCUT2D eigenvalue weighted by Gasteiger charge is -2.19. The predicted octanol–water partition coefficient (Wildman–Crippen LogP) is 3.36. The first-order valence-corrected chi connectivity index (χ1v) is 9.09. The lowest BCUT2D eigenvalue weighted by molar-refractivity contribution is 0.405. The van der Waals surface area contributed by atoms with Crippen LogP contribution >= 0.6 is 0 Å². The fourth-order valence-electron chi connectivity index (χ4n) is 2.67. The fourth-order valence-corrected chi connectivity index (χ4v) is 4.19. The lowest BCUT2D eigenvalue weighted by Crippen LogP contribution is -2.28. The second-order valence-corrected chi connectivity index (χ2v) is 7.28. The summed E-state index contributed by atoms with van der Waals surface area (Å²) >= 11 is 0. The van der Waals surface area contributed by atoms with E-state index in [1.807, 2.05) is 31.2 Å². The number of benzene rings is 2. The average molecular weight is 349 g/mol. The monoisotopic (exact) mass is 349 g/mol. The van der Waals surface area contributed by atoms with E-state index in [0.717, 1.165) is 11.1 Å². The Hall–Kier alpha value is -2.05. The van der Waals surface area contributed by atoms with Crippen LogP contribution < -0.4 is 14.2 Å². The quantitative estimate of drug-likeness (QED) is 0.868. The van der Waals surface area contributed by atoms with Crippen molar-refractivity contribution < 1.29 is 17.9 Å². The molecule has 0 bridgehead atoms. The van der Waals surface area contributed by atoms with Crippen molar-refractivity contribution in [2.75, 3.05) is 14.2 Å². The zero-order valence-electron chi connectivity index (χ0n) is 14.6. The molecule has 0 radical (unpaired) electrons. The van der Waals surface area contributed by atoms with Crippen LogP contribution in [-0.4, -0.2) is 22.6 Å². The summed E-state index contributed by atoms with van der Waals surface area (Å²) < 4.78 is 38.9. The van der Waals surface area contributed by atoms with Crippen LogP contribution in [0.5, 0.6) is 11.5 Å². The van der Waals surface area contributed by atoms with Gasteiger partial charge in [-0.2, -0.15) is 0 Å². The summed E-state index contributed by atoms with van der Waals surface area (Å²) in [6, 6.07) is 10.2. The molecule has 0 spiro atoms. The molecule has 0 aromatic heterocycles. The van der Waals surface area contributed by atoms with Gasteiger partial charge in [0.15, 0.2) is 0 Å². The number of nitrogens with one attached hydrogen (secondary N) is 1. The molecule has 0 fully saturated rings. The number of hydrogen-bond acceptors (Lipinski definition) is 4. The standard InChI is InChI=1S/C18H23NO4S/c1-12-13(2)18(11-10-16(12)22-4)24(20,21)19-14(3)15-8-6-7-9-17(15)23-5/h6-11,14,19H,1-5H3/t14-/m0/s1. The van der Waals surface area contributed by atoms with E-state index in [4.69, 9.17) is 9.47 Å². The van der Waals surface area contributed by atoms with Crippen molar-refractivity contribution >= 4 is 10.0 Å². The Morgan fingerprint density at radius 2 is 1.54 bits per heavy atom. The molecule has 5 nitrogen and oxygen atoms in total. The molecule has 2 aromatic carbocycles. The van der Waals surface area contributed by atoms with E-state index in [-0.39, 0.29) is 4.90 Å². The van der Waals surface area contributed by atoms with Crippen molar-refractivity contribution in [1.29, 1.82) is 0 Å². The highest BCUT2D eigenvalue weighted by Crippen LogP contribution is 2.29.